The van der Waals surface area contributed by atoms with Crippen molar-refractivity contribution >= 4 is 6.16 Å². The molecule has 1 aliphatic rings. The van der Waals surface area contributed by atoms with E-state index in [-0.39, 0.29) is 6.61 Å². The molecule has 1 heterocycles. The molecular weight excluding hydrogens is 226 g/mol. The summed E-state index contributed by atoms with van der Waals surface area (Å²) in [6.07, 6.45) is -0.332. The SMILES string of the molecule is CCCOCC1OC(=O)OC1COCCC#N. The number of hydrogen-bond donors (Lipinski definition) is 0. The van der Waals surface area contributed by atoms with Crippen LogP contribution in [0.5, 0.6) is 0 Å². The van der Waals surface area contributed by atoms with Gasteiger partial charge in [0.15, 0.2) is 12.2 Å². The first-order chi connectivity index (χ1) is 8.27. The molecule has 6 nitrogen and oxygen atoms in total. The maximum absolute atomic E-state index is 11.0. The van der Waals surface area contributed by atoms with Gasteiger partial charge in [-0.25, -0.2) is 4.79 Å². The van der Waals surface area contributed by atoms with Crippen molar-refractivity contribution in [1.82, 2.24) is 0 Å². The fraction of sp³-hybridized carbons (Fsp3) is 0.818. The minimum absolute atomic E-state index is 0.230. The Morgan fingerprint density at radius 2 is 1.82 bits per heavy atom. The summed E-state index contributed by atoms with van der Waals surface area (Å²) in [7, 11) is 0. The number of nitrogens with zero attached hydrogens (tertiary/aromatic N) is 1. The molecule has 1 rings (SSSR count). The molecule has 0 aliphatic carbocycles. The molecule has 0 bridgehead atoms. The molecule has 96 valence electrons. The maximum atomic E-state index is 11.0. The number of carbonyl (C=O) groups excluding carboxylic acids is 1. The highest BCUT2D eigenvalue weighted by atomic mass is 16.8. The molecule has 0 N–H and O–H groups in total. The molecule has 0 spiro atoms. The Morgan fingerprint density at radius 1 is 1.24 bits per heavy atom. The van der Waals surface area contributed by atoms with E-state index < -0.39 is 18.4 Å². The van der Waals surface area contributed by atoms with Crippen LogP contribution in [0.3, 0.4) is 0 Å². The summed E-state index contributed by atoms with van der Waals surface area (Å²) in [5, 5.41) is 8.34. The number of carbonyl (C=O) groups is 1. The molecule has 0 aromatic heterocycles. The lowest BCUT2D eigenvalue weighted by atomic mass is 10.2. The van der Waals surface area contributed by atoms with Crippen molar-refractivity contribution in [2.24, 2.45) is 0 Å². The molecule has 0 radical (unpaired) electrons. The summed E-state index contributed by atoms with van der Waals surface area (Å²) in [4.78, 5) is 11.0. The van der Waals surface area contributed by atoms with E-state index in [9.17, 15) is 4.79 Å². The van der Waals surface area contributed by atoms with E-state index in [2.05, 4.69) is 0 Å². The van der Waals surface area contributed by atoms with E-state index in [4.69, 9.17) is 24.2 Å². The number of nitriles is 1. The Kier molecular flexibility index (Phi) is 6.37. The Bertz CT molecular complexity index is 276. The number of rotatable bonds is 8. The van der Waals surface area contributed by atoms with Crippen LogP contribution in [0.15, 0.2) is 0 Å². The highest BCUT2D eigenvalue weighted by Gasteiger charge is 2.36. The third-order valence-corrected chi connectivity index (χ3v) is 2.18. The van der Waals surface area contributed by atoms with Gasteiger partial charge >= 0.3 is 6.16 Å². The first kappa shape index (κ1) is 13.7. The van der Waals surface area contributed by atoms with Crippen molar-refractivity contribution in [3.63, 3.8) is 0 Å². The second-order valence-corrected chi connectivity index (χ2v) is 3.62. The lowest BCUT2D eigenvalue weighted by molar-refractivity contribution is -0.00281. The Balaban J connectivity index is 2.24. The molecule has 0 amide bonds. The van der Waals surface area contributed by atoms with Gasteiger partial charge in [0.1, 0.15) is 0 Å². The molecule has 1 aliphatic heterocycles. The fourth-order valence-electron chi connectivity index (χ4n) is 1.37. The molecule has 0 aromatic rings. The predicted octanol–water partition coefficient (Wildman–Crippen LogP) is 1.25. The number of cyclic esters (lactones) is 2. The molecule has 6 heteroatoms. The topological polar surface area (TPSA) is 77.8 Å². The molecule has 2 atom stereocenters. The Hall–Kier alpha value is -1.32. The monoisotopic (exact) mass is 243 g/mol. The number of ether oxygens (including phenoxy) is 4. The van der Waals surface area contributed by atoms with Gasteiger partial charge in [-0.3, -0.25) is 0 Å². The van der Waals surface area contributed by atoms with Crippen LogP contribution in [0.2, 0.25) is 0 Å². The number of hydrogen-bond acceptors (Lipinski definition) is 6. The minimum Gasteiger partial charge on any atom is -0.424 e. The lowest BCUT2D eigenvalue weighted by Crippen LogP contribution is -2.32. The zero-order valence-corrected chi connectivity index (χ0v) is 9.89. The van der Waals surface area contributed by atoms with Crippen LogP contribution in [0.4, 0.5) is 4.79 Å². The summed E-state index contributed by atoms with van der Waals surface area (Å²) in [6, 6.07) is 1.97. The van der Waals surface area contributed by atoms with Crippen molar-refractivity contribution < 1.29 is 23.7 Å². The van der Waals surface area contributed by atoms with Crippen molar-refractivity contribution in [2.45, 2.75) is 32.0 Å². The fourth-order valence-corrected chi connectivity index (χ4v) is 1.37. The molecule has 1 fully saturated rings. The molecule has 2 unspecified atom stereocenters. The zero-order chi connectivity index (χ0) is 12.5. The highest BCUT2D eigenvalue weighted by Crippen LogP contribution is 2.16. The Morgan fingerprint density at radius 3 is 2.35 bits per heavy atom. The van der Waals surface area contributed by atoms with Gasteiger partial charge in [0.2, 0.25) is 0 Å². The summed E-state index contributed by atoms with van der Waals surface area (Å²) in [5.74, 6) is 0. The van der Waals surface area contributed by atoms with E-state index in [0.29, 0.717) is 26.2 Å². The molecule has 0 saturated carbocycles. The second kappa shape index (κ2) is 7.87. The molecular formula is C11H17NO5. The van der Waals surface area contributed by atoms with Crippen molar-refractivity contribution in [1.29, 1.82) is 5.26 Å². The Labute approximate surface area is 100 Å². The largest absolute Gasteiger partial charge is 0.509 e. The third kappa shape index (κ3) is 5.02. The van der Waals surface area contributed by atoms with Crippen molar-refractivity contribution in [3.8, 4) is 6.07 Å². The first-order valence-electron chi connectivity index (χ1n) is 5.67. The van der Waals surface area contributed by atoms with Gasteiger partial charge in [0.05, 0.1) is 32.3 Å². The maximum Gasteiger partial charge on any atom is 0.509 e. The van der Waals surface area contributed by atoms with Gasteiger partial charge < -0.3 is 18.9 Å². The van der Waals surface area contributed by atoms with E-state index in [0.717, 1.165) is 6.42 Å². The first-order valence-corrected chi connectivity index (χ1v) is 5.67. The van der Waals surface area contributed by atoms with Crippen LogP contribution in [0, 0.1) is 11.3 Å². The van der Waals surface area contributed by atoms with Gasteiger partial charge in [-0.1, -0.05) is 6.92 Å². The van der Waals surface area contributed by atoms with Crippen molar-refractivity contribution in [3.05, 3.63) is 0 Å². The van der Waals surface area contributed by atoms with Crippen LogP contribution in [-0.4, -0.2) is 44.8 Å². The standard InChI is InChI=1S/C11H17NO5/c1-2-5-14-7-9-10(17-11(13)16-9)8-15-6-3-4-12/h9-10H,2-3,5-8H2,1H3. The van der Waals surface area contributed by atoms with Gasteiger partial charge in [-0.05, 0) is 6.42 Å². The lowest BCUT2D eigenvalue weighted by Gasteiger charge is -2.15. The molecule has 1 saturated heterocycles. The summed E-state index contributed by atoms with van der Waals surface area (Å²) in [5.41, 5.74) is 0. The van der Waals surface area contributed by atoms with E-state index in [1.54, 1.807) is 0 Å². The smallest absolute Gasteiger partial charge is 0.424 e. The van der Waals surface area contributed by atoms with Crippen LogP contribution in [-0.2, 0) is 18.9 Å². The third-order valence-electron chi connectivity index (χ3n) is 2.18. The van der Waals surface area contributed by atoms with E-state index >= 15 is 0 Å². The summed E-state index contributed by atoms with van der Waals surface area (Å²) in [6.45, 7) is 3.49. The normalized spacial score (nSPS) is 22.9. The van der Waals surface area contributed by atoms with Crippen LogP contribution >= 0.6 is 0 Å². The van der Waals surface area contributed by atoms with E-state index in [1.807, 2.05) is 13.0 Å². The van der Waals surface area contributed by atoms with E-state index in [1.165, 1.54) is 0 Å². The van der Waals surface area contributed by atoms with Gasteiger partial charge in [0.25, 0.3) is 0 Å². The predicted molar refractivity (Wildman–Crippen MR) is 57.3 cm³/mol. The van der Waals surface area contributed by atoms with Gasteiger partial charge in [-0.15, -0.1) is 0 Å². The minimum atomic E-state index is -0.691. The summed E-state index contributed by atoms with van der Waals surface area (Å²) < 4.78 is 20.4. The molecule has 17 heavy (non-hydrogen) atoms. The van der Waals surface area contributed by atoms with Crippen LogP contribution in [0.25, 0.3) is 0 Å². The molecule has 0 aromatic carbocycles. The van der Waals surface area contributed by atoms with Crippen LogP contribution in [0.1, 0.15) is 19.8 Å². The average Bonchev–Trinajstić information content (AvgIpc) is 2.66. The zero-order valence-electron chi connectivity index (χ0n) is 9.89. The van der Waals surface area contributed by atoms with Gasteiger partial charge in [0, 0.05) is 6.61 Å². The second-order valence-electron chi connectivity index (χ2n) is 3.62. The van der Waals surface area contributed by atoms with Crippen LogP contribution < -0.4 is 0 Å². The summed E-state index contributed by atoms with van der Waals surface area (Å²) >= 11 is 0. The highest BCUT2D eigenvalue weighted by molar-refractivity contribution is 5.62. The van der Waals surface area contributed by atoms with Gasteiger partial charge in [-0.2, -0.15) is 5.26 Å². The average molecular weight is 243 g/mol. The quantitative estimate of drug-likeness (QED) is 0.471. The van der Waals surface area contributed by atoms with Crippen molar-refractivity contribution in [2.75, 3.05) is 26.4 Å².